The fourth-order valence-corrected chi connectivity index (χ4v) is 3.84. The number of hydrogen-bond donors (Lipinski definition) is 1. The molecule has 0 aliphatic heterocycles. The van der Waals surface area contributed by atoms with Gasteiger partial charge >= 0.3 is 0 Å². The highest BCUT2D eigenvalue weighted by molar-refractivity contribution is 6.78. The van der Waals surface area contributed by atoms with Gasteiger partial charge in [0, 0.05) is 13.2 Å². The number of aliphatic hydroxyl groups is 1. The van der Waals surface area contributed by atoms with Crippen molar-refractivity contribution >= 4 is 8.07 Å². The lowest BCUT2D eigenvalue weighted by Gasteiger charge is -2.26. The van der Waals surface area contributed by atoms with E-state index in [2.05, 4.69) is 37.9 Å². The van der Waals surface area contributed by atoms with Gasteiger partial charge in [-0.3, -0.25) is 0 Å². The molecule has 86 valence electrons. The number of hydrogen-bond acceptors (Lipinski definition) is 2. The first kappa shape index (κ1) is 12.7. The minimum absolute atomic E-state index is 0.217. The first-order chi connectivity index (χ1) is 7.05. The summed E-state index contributed by atoms with van der Waals surface area (Å²) in [5.74, 6) is 0. The fraction of sp³-hybridized carbons (Fsp3) is 0.667. The Morgan fingerprint density at radius 3 is 2.73 bits per heavy atom. The summed E-state index contributed by atoms with van der Waals surface area (Å²) in [5, 5.41) is 8.64. The van der Waals surface area contributed by atoms with Crippen LogP contribution in [0.5, 0.6) is 0 Å². The van der Waals surface area contributed by atoms with Crippen molar-refractivity contribution in [2.45, 2.75) is 31.6 Å². The average molecular weight is 226 g/mol. The number of ether oxygens (including phenoxy) is 1. The highest BCUT2D eigenvalue weighted by Gasteiger charge is 2.29. The lowest BCUT2D eigenvalue weighted by molar-refractivity contribution is 0.133. The van der Waals surface area contributed by atoms with Crippen molar-refractivity contribution in [3.05, 3.63) is 23.8 Å². The van der Waals surface area contributed by atoms with Crippen molar-refractivity contribution in [2.24, 2.45) is 0 Å². The van der Waals surface area contributed by atoms with E-state index in [-0.39, 0.29) is 6.61 Å². The summed E-state index contributed by atoms with van der Waals surface area (Å²) in [7, 11) is -1.14. The Kier molecular flexibility index (Phi) is 4.76. The molecule has 1 unspecified atom stereocenters. The van der Waals surface area contributed by atoms with Crippen LogP contribution in [0.15, 0.2) is 23.8 Å². The van der Waals surface area contributed by atoms with Crippen LogP contribution in [0.1, 0.15) is 6.42 Å². The molecule has 0 amide bonds. The molecule has 0 saturated heterocycles. The van der Waals surface area contributed by atoms with Crippen LogP contribution in [0.3, 0.4) is 0 Å². The largest absolute Gasteiger partial charge is 0.396 e. The maximum Gasteiger partial charge on any atom is 0.0682 e. The van der Waals surface area contributed by atoms with E-state index in [0.29, 0.717) is 12.1 Å². The van der Waals surface area contributed by atoms with Gasteiger partial charge in [0.1, 0.15) is 0 Å². The Morgan fingerprint density at radius 2 is 2.13 bits per heavy atom. The van der Waals surface area contributed by atoms with Crippen molar-refractivity contribution in [1.82, 2.24) is 0 Å². The van der Waals surface area contributed by atoms with Crippen molar-refractivity contribution in [3.8, 4) is 0 Å². The third-order valence-electron chi connectivity index (χ3n) is 2.66. The topological polar surface area (TPSA) is 29.5 Å². The summed E-state index contributed by atoms with van der Waals surface area (Å²) in [6.07, 6.45) is 7.37. The predicted molar refractivity (Wildman–Crippen MR) is 66.8 cm³/mol. The molecule has 0 heterocycles. The second kappa shape index (κ2) is 5.63. The van der Waals surface area contributed by atoms with Crippen molar-refractivity contribution in [2.75, 3.05) is 19.8 Å². The Balaban J connectivity index is 2.36. The zero-order chi connectivity index (χ0) is 11.3. The number of allylic oxidation sites excluding steroid dienone is 3. The summed E-state index contributed by atoms with van der Waals surface area (Å²) in [6, 6.07) is 0. The fourth-order valence-electron chi connectivity index (χ4n) is 1.86. The van der Waals surface area contributed by atoms with Gasteiger partial charge in [0.25, 0.3) is 0 Å². The van der Waals surface area contributed by atoms with Crippen molar-refractivity contribution in [3.63, 3.8) is 0 Å². The van der Waals surface area contributed by atoms with Crippen LogP contribution in [0.4, 0.5) is 0 Å². The summed E-state index contributed by atoms with van der Waals surface area (Å²) >= 11 is 0. The molecule has 0 fully saturated rings. The molecular weight excluding hydrogens is 204 g/mol. The minimum atomic E-state index is -1.14. The Hall–Kier alpha value is -0.383. The van der Waals surface area contributed by atoms with E-state index >= 15 is 0 Å². The molecule has 0 aromatic carbocycles. The van der Waals surface area contributed by atoms with Gasteiger partial charge in [-0.2, -0.15) is 0 Å². The van der Waals surface area contributed by atoms with Crippen molar-refractivity contribution < 1.29 is 9.84 Å². The zero-order valence-electron chi connectivity index (χ0n) is 9.99. The Bertz CT molecular complexity index is 251. The molecule has 1 rings (SSSR count). The molecular formula is C12H22O2Si. The monoisotopic (exact) mass is 226 g/mol. The van der Waals surface area contributed by atoms with Gasteiger partial charge in [-0.15, -0.1) is 0 Å². The van der Waals surface area contributed by atoms with E-state index in [1.165, 1.54) is 5.57 Å². The molecule has 1 aliphatic carbocycles. The second-order valence-corrected chi connectivity index (χ2v) is 10.5. The van der Waals surface area contributed by atoms with Gasteiger partial charge in [0.15, 0.2) is 0 Å². The number of rotatable bonds is 6. The van der Waals surface area contributed by atoms with Crippen LogP contribution in [-0.4, -0.2) is 33.0 Å². The quantitative estimate of drug-likeness (QED) is 0.557. The lowest BCUT2D eigenvalue weighted by atomic mass is 10.2. The Morgan fingerprint density at radius 1 is 1.40 bits per heavy atom. The average Bonchev–Trinajstić information content (AvgIpc) is 2.59. The van der Waals surface area contributed by atoms with E-state index in [1.54, 1.807) is 0 Å². The van der Waals surface area contributed by atoms with Crippen LogP contribution in [-0.2, 0) is 4.74 Å². The van der Waals surface area contributed by atoms with Crippen LogP contribution in [0, 0.1) is 0 Å². The van der Waals surface area contributed by atoms with Crippen LogP contribution >= 0.6 is 0 Å². The van der Waals surface area contributed by atoms with Crippen LogP contribution in [0.2, 0.25) is 25.2 Å². The van der Waals surface area contributed by atoms with Gasteiger partial charge in [0.2, 0.25) is 0 Å². The smallest absolute Gasteiger partial charge is 0.0682 e. The molecule has 1 aliphatic rings. The van der Waals surface area contributed by atoms with E-state index in [0.717, 1.165) is 13.0 Å². The van der Waals surface area contributed by atoms with E-state index in [9.17, 15) is 0 Å². The highest BCUT2D eigenvalue weighted by Crippen LogP contribution is 2.34. The maximum atomic E-state index is 8.64. The molecule has 0 aromatic rings. The first-order valence-corrected chi connectivity index (χ1v) is 9.19. The third kappa shape index (κ3) is 3.93. The summed E-state index contributed by atoms with van der Waals surface area (Å²) in [5.41, 5.74) is 2.04. The summed E-state index contributed by atoms with van der Waals surface area (Å²) < 4.78 is 5.54. The molecule has 2 nitrogen and oxygen atoms in total. The molecule has 0 aromatic heterocycles. The Labute approximate surface area is 93.7 Å². The molecule has 0 saturated carbocycles. The lowest BCUT2D eigenvalue weighted by Crippen LogP contribution is -2.28. The van der Waals surface area contributed by atoms with Gasteiger partial charge in [-0.25, -0.2) is 0 Å². The van der Waals surface area contributed by atoms with Crippen LogP contribution < -0.4 is 0 Å². The zero-order valence-corrected chi connectivity index (χ0v) is 11.0. The molecule has 1 N–H and O–H groups in total. The van der Waals surface area contributed by atoms with Crippen LogP contribution in [0.25, 0.3) is 0 Å². The number of aliphatic hydroxyl groups excluding tert-OH is 1. The van der Waals surface area contributed by atoms with E-state index in [1.807, 2.05) is 0 Å². The summed E-state index contributed by atoms with van der Waals surface area (Å²) in [6.45, 7) is 8.75. The van der Waals surface area contributed by atoms with Gasteiger partial charge < -0.3 is 9.84 Å². The normalized spacial score (nSPS) is 20.8. The molecule has 15 heavy (non-hydrogen) atoms. The minimum Gasteiger partial charge on any atom is -0.396 e. The van der Waals surface area contributed by atoms with Gasteiger partial charge in [-0.05, 0) is 17.5 Å². The molecule has 0 bridgehead atoms. The van der Waals surface area contributed by atoms with Gasteiger partial charge in [0.05, 0.1) is 14.7 Å². The van der Waals surface area contributed by atoms with E-state index < -0.39 is 8.07 Å². The second-order valence-electron chi connectivity index (χ2n) is 5.10. The SMILES string of the molecule is C[Si](C)(C)C1C=CC=C1COCCCO. The maximum absolute atomic E-state index is 8.64. The summed E-state index contributed by atoms with van der Waals surface area (Å²) in [4.78, 5) is 0. The molecule has 1 atom stereocenters. The standard InChI is InChI=1S/C12H22O2Si/c1-15(2,3)12-7-4-6-11(12)10-14-9-5-8-13/h4,6-7,12-13H,5,8-10H2,1-3H3. The molecule has 0 radical (unpaired) electrons. The van der Waals surface area contributed by atoms with Crippen molar-refractivity contribution in [1.29, 1.82) is 0 Å². The third-order valence-corrected chi connectivity index (χ3v) is 5.09. The predicted octanol–water partition coefficient (Wildman–Crippen LogP) is 2.59. The van der Waals surface area contributed by atoms with Gasteiger partial charge in [-0.1, -0.05) is 37.9 Å². The molecule has 3 heteroatoms. The highest BCUT2D eigenvalue weighted by atomic mass is 28.3. The van der Waals surface area contributed by atoms with E-state index in [4.69, 9.17) is 9.84 Å². The molecule has 0 spiro atoms. The first-order valence-electron chi connectivity index (χ1n) is 5.61.